The molecule has 2 aromatic carbocycles. The molecule has 0 fully saturated rings. The Balaban J connectivity index is 1.86. The molecule has 0 heterocycles. The van der Waals surface area contributed by atoms with E-state index in [4.69, 9.17) is 9.47 Å². The van der Waals surface area contributed by atoms with Gasteiger partial charge in [-0.05, 0) is 43.5 Å². The van der Waals surface area contributed by atoms with E-state index in [0.717, 1.165) is 36.4 Å². The summed E-state index contributed by atoms with van der Waals surface area (Å²) in [5.41, 5.74) is 2.50. The van der Waals surface area contributed by atoms with Gasteiger partial charge in [-0.2, -0.15) is 0 Å². The van der Waals surface area contributed by atoms with Crippen LogP contribution in [0.3, 0.4) is 0 Å². The second-order valence-corrected chi connectivity index (χ2v) is 5.48. The van der Waals surface area contributed by atoms with Crippen LogP contribution in [-0.4, -0.2) is 20.3 Å². The molecular weight excluding hydrogens is 274 g/mol. The van der Waals surface area contributed by atoms with Crippen molar-refractivity contribution in [2.24, 2.45) is 0 Å². The van der Waals surface area contributed by atoms with E-state index in [0.29, 0.717) is 6.04 Å². The normalized spacial score (nSPS) is 12.0. The Bertz CT molecular complexity index is 569. The van der Waals surface area contributed by atoms with Gasteiger partial charge in [-0.25, -0.2) is 0 Å². The van der Waals surface area contributed by atoms with Crippen LogP contribution in [-0.2, 0) is 13.0 Å². The van der Waals surface area contributed by atoms with Gasteiger partial charge in [0.25, 0.3) is 0 Å². The molecule has 0 amide bonds. The summed E-state index contributed by atoms with van der Waals surface area (Å²) in [6.07, 6.45) is 2.19. The van der Waals surface area contributed by atoms with Gasteiger partial charge in [0, 0.05) is 18.2 Å². The van der Waals surface area contributed by atoms with Crippen LogP contribution in [0.25, 0.3) is 0 Å². The maximum Gasteiger partial charge on any atom is 0.123 e. The van der Waals surface area contributed by atoms with Crippen molar-refractivity contribution < 1.29 is 9.47 Å². The van der Waals surface area contributed by atoms with Crippen molar-refractivity contribution in [3.05, 3.63) is 59.7 Å². The molecule has 0 aliphatic carbocycles. The molecule has 3 nitrogen and oxygen atoms in total. The first-order valence-corrected chi connectivity index (χ1v) is 7.71. The van der Waals surface area contributed by atoms with E-state index >= 15 is 0 Å². The van der Waals surface area contributed by atoms with Gasteiger partial charge in [-0.1, -0.05) is 30.3 Å². The predicted octanol–water partition coefficient (Wildman–Crippen LogP) is 3.81. The second kappa shape index (κ2) is 8.44. The number of nitrogens with one attached hydrogen (secondary N) is 1. The lowest BCUT2D eigenvalue weighted by molar-refractivity contribution is 0.394. The molecule has 0 saturated carbocycles. The summed E-state index contributed by atoms with van der Waals surface area (Å²) in [6, 6.07) is 16.9. The van der Waals surface area contributed by atoms with Crippen molar-refractivity contribution in [3.63, 3.8) is 0 Å². The van der Waals surface area contributed by atoms with Gasteiger partial charge < -0.3 is 14.8 Å². The molecule has 2 rings (SSSR count). The van der Waals surface area contributed by atoms with E-state index in [2.05, 4.69) is 42.6 Å². The molecular formula is C19H25NO2. The predicted molar refractivity (Wildman–Crippen MR) is 90.6 cm³/mol. The molecule has 2 aromatic rings. The summed E-state index contributed by atoms with van der Waals surface area (Å²) in [7, 11) is 3.38. The number of aryl methyl sites for hydroxylation is 1. The van der Waals surface area contributed by atoms with Crippen LogP contribution in [0.2, 0.25) is 0 Å². The first-order chi connectivity index (χ1) is 10.7. The zero-order chi connectivity index (χ0) is 15.8. The fourth-order valence-corrected chi connectivity index (χ4v) is 2.43. The molecule has 3 heteroatoms. The largest absolute Gasteiger partial charge is 0.497 e. The summed E-state index contributed by atoms with van der Waals surface area (Å²) < 4.78 is 10.7. The number of rotatable bonds is 8. The van der Waals surface area contributed by atoms with E-state index in [-0.39, 0.29) is 0 Å². The van der Waals surface area contributed by atoms with E-state index in [1.807, 2.05) is 18.2 Å². The Kier molecular flexibility index (Phi) is 6.28. The Morgan fingerprint density at radius 2 is 1.77 bits per heavy atom. The minimum Gasteiger partial charge on any atom is -0.497 e. The van der Waals surface area contributed by atoms with Crippen LogP contribution < -0.4 is 14.8 Å². The minimum atomic E-state index is 0.441. The van der Waals surface area contributed by atoms with Crippen LogP contribution in [0.15, 0.2) is 48.5 Å². The SMILES string of the molecule is COc1ccc(OC)c(CNC(C)CCc2ccccc2)c1. The van der Waals surface area contributed by atoms with Crippen molar-refractivity contribution in [2.75, 3.05) is 14.2 Å². The molecule has 0 aromatic heterocycles. The monoisotopic (exact) mass is 299 g/mol. The van der Waals surface area contributed by atoms with Crippen molar-refractivity contribution in [3.8, 4) is 11.5 Å². The molecule has 1 N–H and O–H groups in total. The lowest BCUT2D eigenvalue weighted by atomic mass is 10.1. The molecule has 1 atom stereocenters. The lowest BCUT2D eigenvalue weighted by Gasteiger charge is -2.16. The van der Waals surface area contributed by atoms with Gasteiger partial charge in [-0.15, -0.1) is 0 Å². The molecule has 1 unspecified atom stereocenters. The third-order valence-electron chi connectivity index (χ3n) is 3.84. The van der Waals surface area contributed by atoms with Crippen LogP contribution >= 0.6 is 0 Å². The Hall–Kier alpha value is -2.00. The Morgan fingerprint density at radius 3 is 2.45 bits per heavy atom. The molecule has 0 aliphatic rings. The van der Waals surface area contributed by atoms with Gasteiger partial charge >= 0.3 is 0 Å². The topological polar surface area (TPSA) is 30.5 Å². The summed E-state index contributed by atoms with van der Waals surface area (Å²) in [5, 5.41) is 3.56. The maximum absolute atomic E-state index is 5.41. The summed E-state index contributed by atoms with van der Waals surface area (Å²) in [6.45, 7) is 2.99. The molecule has 118 valence electrons. The molecule has 0 spiro atoms. The standard InChI is InChI=1S/C19H25NO2/c1-15(9-10-16-7-5-4-6-8-16)20-14-17-13-18(21-2)11-12-19(17)22-3/h4-8,11-13,15,20H,9-10,14H2,1-3H3. The summed E-state index contributed by atoms with van der Waals surface area (Å²) in [5.74, 6) is 1.75. The fourth-order valence-electron chi connectivity index (χ4n) is 2.43. The summed E-state index contributed by atoms with van der Waals surface area (Å²) >= 11 is 0. The third-order valence-corrected chi connectivity index (χ3v) is 3.84. The lowest BCUT2D eigenvalue weighted by Crippen LogP contribution is -2.26. The zero-order valence-electron chi connectivity index (χ0n) is 13.6. The number of hydrogen-bond acceptors (Lipinski definition) is 3. The van der Waals surface area contributed by atoms with E-state index < -0.39 is 0 Å². The quantitative estimate of drug-likeness (QED) is 0.804. The maximum atomic E-state index is 5.41. The van der Waals surface area contributed by atoms with Crippen molar-refractivity contribution >= 4 is 0 Å². The number of benzene rings is 2. The van der Waals surface area contributed by atoms with Gasteiger partial charge in [0.05, 0.1) is 14.2 Å². The highest BCUT2D eigenvalue weighted by Crippen LogP contribution is 2.23. The second-order valence-electron chi connectivity index (χ2n) is 5.48. The van der Waals surface area contributed by atoms with Gasteiger partial charge in [0.1, 0.15) is 11.5 Å². The van der Waals surface area contributed by atoms with Gasteiger partial charge in [0.2, 0.25) is 0 Å². The van der Waals surface area contributed by atoms with Crippen molar-refractivity contribution in [1.82, 2.24) is 5.32 Å². The average Bonchev–Trinajstić information content (AvgIpc) is 2.58. The summed E-state index contributed by atoms with van der Waals surface area (Å²) in [4.78, 5) is 0. The van der Waals surface area contributed by atoms with E-state index in [1.165, 1.54) is 5.56 Å². The van der Waals surface area contributed by atoms with E-state index in [1.54, 1.807) is 14.2 Å². The highest BCUT2D eigenvalue weighted by Gasteiger charge is 2.07. The van der Waals surface area contributed by atoms with E-state index in [9.17, 15) is 0 Å². The van der Waals surface area contributed by atoms with Crippen LogP contribution in [0.4, 0.5) is 0 Å². The number of methoxy groups -OCH3 is 2. The van der Waals surface area contributed by atoms with Crippen molar-refractivity contribution in [1.29, 1.82) is 0 Å². The highest BCUT2D eigenvalue weighted by atomic mass is 16.5. The first kappa shape index (κ1) is 16.4. The van der Waals surface area contributed by atoms with Crippen LogP contribution in [0.5, 0.6) is 11.5 Å². The smallest absolute Gasteiger partial charge is 0.123 e. The number of ether oxygens (including phenoxy) is 2. The molecule has 22 heavy (non-hydrogen) atoms. The Labute approximate surface area is 133 Å². The first-order valence-electron chi connectivity index (χ1n) is 7.71. The van der Waals surface area contributed by atoms with Crippen LogP contribution in [0, 0.1) is 0 Å². The zero-order valence-corrected chi connectivity index (χ0v) is 13.6. The average molecular weight is 299 g/mol. The van der Waals surface area contributed by atoms with Gasteiger partial charge in [0.15, 0.2) is 0 Å². The molecule has 0 saturated heterocycles. The molecule has 0 bridgehead atoms. The van der Waals surface area contributed by atoms with Crippen LogP contribution in [0.1, 0.15) is 24.5 Å². The molecule has 0 radical (unpaired) electrons. The number of hydrogen-bond donors (Lipinski definition) is 1. The van der Waals surface area contributed by atoms with Gasteiger partial charge in [-0.3, -0.25) is 0 Å². The van der Waals surface area contributed by atoms with Crippen molar-refractivity contribution in [2.45, 2.75) is 32.4 Å². The molecule has 0 aliphatic heterocycles. The highest BCUT2D eigenvalue weighted by molar-refractivity contribution is 5.40. The minimum absolute atomic E-state index is 0.441. The fraction of sp³-hybridized carbons (Fsp3) is 0.368. The third kappa shape index (κ3) is 4.78. The Morgan fingerprint density at radius 1 is 1.00 bits per heavy atom.